The number of amides is 1. The van der Waals surface area contributed by atoms with E-state index in [0.29, 0.717) is 44.2 Å². The van der Waals surface area contributed by atoms with Crippen molar-refractivity contribution < 1.29 is 22.7 Å². The number of hydrogen-bond donors (Lipinski definition) is 1. The number of alkyl halides is 3. The number of hydrogen-bond acceptors (Lipinski definition) is 4. The number of ether oxygens (including phenoxy) is 1. The number of anilines is 2. The van der Waals surface area contributed by atoms with Crippen LogP contribution in [0.1, 0.15) is 27.2 Å². The normalized spacial score (nSPS) is 14.4. The molecule has 1 fully saturated rings. The van der Waals surface area contributed by atoms with Gasteiger partial charge in [-0.05, 0) is 30.7 Å². The zero-order valence-corrected chi connectivity index (χ0v) is 18.6. The maximum Gasteiger partial charge on any atom is 0.416 e. The standard InChI is InChI=1S/C23H22ClF3N4O2/c1-15-20(21(24)31(29-15)14-16-5-3-2-4-6-16)22(32)28-18-13-17(23(25,26)27)7-8-19(18)30-9-11-33-12-10-30/h2-8,13H,9-12,14H2,1H3,(H,28,32). The molecular weight excluding hydrogens is 457 g/mol. The zero-order valence-electron chi connectivity index (χ0n) is 17.8. The SMILES string of the molecule is Cc1nn(Cc2ccccc2)c(Cl)c1C(=O)Nc1cc(C(F)(F)F)ccc1N1CCOCC1. The molecule has 0 aliphatic carbocycles. The molecule has 1 saturated heterocycles. The summed E-state index contributed by atoms with van der Waals surface area (Å²) in [7, 11) is 0. The summed E-state index contributed by atoms with van der Waals surface area (Å²) in [5.41, 5.74) is 1.15. The Morgan fingerprint density at radius 2 is 1.85 bits per heavy atom. The first-order valence-corrected chi connectivity index (χ1v) is 10.7. The van der Waals surface area contributed by atoms with E-state index >= 15 is 0 Å². The topological polar surface area (TPSA) is 59.4 Å². The molecule has 0 atom stereocenters. The Kier molecular flexibility index (Phi) is 6.62. The number of benzene rings is 2. The Balaban J connectivity index is 1.65. The summed E-state index contributed by atoms with van der Waals surface area (Å²) >= 11 is 6.47. The van der Waals surface area contributed by atoms with Crippen LogP contribution in [0.5, 0.6) is 0 Å². The van der Waals surface area contributed by atoms with Gasteiger partial charge in [-0.25, -0.2) is 4.68 Å². The van der Waals surface area contributed by atoms with Gasteiger partial charge in [0.15, 0.2) is 0 Å². The fraction of sp³-hybridized carbons (Fsp3) is 0.304. The number of aromatic nitrogens is 2. The lowest BCUT2D eigenvalue weighted by Gasteiger charge is -2.31. The molecule has 2 aromatic carbocycles. The first-order valence-electron chi connectivity index (χ1n) is 10.4. The van der Waals surface area contributed by atoms with E-state index in [-0.39, 0.29) is 16.4 Å². The quantitative estimate of drug-likeness (QED) is 0.560. The summed E-state index contributed by atoms with van der Waals surface area (Å²) in [5, 5.41) is 7.11. The second kappa shape index (κ2) is 9.44. The summed E-state index contributed by atoms with van der Waals surface area (Å²) < 4.78 is 46.9. The first kappa shape index (κ1) is 23.1. The highest BCUT2D eigenvalue weighted by Crippen LogP contribution is 2.36. The second-order valence-corrected chi connectivity index (χ2v) is 8.04. The molecule has 3 aromatic rings. The minimum atomic E-state index is -4.54. The molecule has 2 heterocycles. The van der Waals surface area contributed by atoms with E-state index in [2.05, 4.69) is 10.4 Å². The number of rotatable bonds is 5. The lowest BCUT2D eigenvalue weighted by Crippen LogP contribution is -2.36. The lowest BCUT2D eigenvalue weighted by molar-refractivity contribution is -0.137. The predicted octanol–water partition coefficient (Wildman–Crippen LogP) is 5.00. The first-order chi connectivity index (χ1) is 15.7. The molecule has 0 radical (unpaired) electrons. The van der Waals surface area contributed by atoms with Gasteiger partial charge in [-0.3, -0.25) is 4.79 Å². The minimum absolute atomic E-state index is 0.0583. The molecule has 0 bridgehead atoms. The number of morpholine rings is 1. The predicted molar refractivity (Wildman–Crippen MR) is 120 cm³/mol. The van der Waals surface area contributed by atoms with Crippen LogP contribution in [0, 0.1) is 6.92 Å². The molecule has 1 aliphatic heterocycles. The average Bonchev–Trinajstić information content (AvgIpc) is 3.07. The van der Waals surface area contributed by atoms with Crippen LogP contribution in [-0.4, -0.2) is 42.0 Å². The molecule has 1 amide bonds. The van der Waals surface area contributed by atoms with Gasteiger partial charge in [-0.15, -0.1) is 0 Å². The van der Waals surface area contributed by atoms with E-state index in [1.807, 2.05) is 35.2 Å². The fourth-order valence-electron chi connectivity index (χ4n) is 3.75. The highest BCUT2D eigenvalue weighted by atomic mass is 35.5. The second-order valence-electron chi connectivity index (χ2n) is 7.68. The summed E-state index contributed by atoms with van der Waals surface area (Å²) in [5.74, 6) is -0.620. The van der Waals surface area contributed by atoms with Gasteiger partial charge in [0.1, 0.15) is 5.15 Å². The van der Waals surface area contributed by atoms with Crippen molar-refractivity contribution in [2.45, 2.75) is 19.6 Å². The Morgan fingerprint density at radius 3 is 2.52 bits per heavy atom. The smallest absolute Gasteiger partial charge is 0.378 e. The van der Waals surface area contributed by atoms with Crippen molar-refractivity contribution in [1.29, 1.82) is 0 Å². The Morgan fingerprint density at radius 1 is 1.15 bits per heavy atom. The number of carbonyl (C=O) groups is 1. The minimum Gasteiger partial charge on any atom is -0.378 e. The molecular formula is C23H22ClF3N4O2. The zero-order chi connectivity index (χ0) is 23.6. The van der Waals surface area contributed by atoms with Crippen molar-refractivity contribution in [2.24, 2.45) is 0 Å². The van der Waals surface area contributed by atoms with E-state index in [4.69, 9.17) is 16.3 Å². The van der Waals surface area contributed by atoms with Crippen molar-refractivity contribution in [3.63, 3.8) is 0 Å². The van der Waals surface area contributed by atoms with Gasteiger partial charge >= 0.3 is 6.18 Å². The van der Waals surface area contributed by atoms with Crippen LogP contribution < -0.4 is 10.2 Å². The highest BCUT2D eigenvalue weighted by molar-refractivity contribution is 6.33. The third kappa shape index (κ3) is 5.15. The lowest BCUT2D eigenvalue weighted by atomic mass is 10.1. The molecule has 33 heavy (non-hydrogen) atoms. The number of nitrogens with zero attached hydrogens (tertiary/aromatic N) is 3. The molecule has 0 saturated carbocycles. The van der Waals surface area contributed by atoms with Gasteiger partial charge in [0.2, 0.25) is 0 Å². The number of carbonyl (C=O) groups excluding carboxylic acids is 1. The maximum atomic E-state index is 13.4. The molecule has 10 heteroatoms. The van der Waals surface area contributed by atoms with Gasteiger partial charge < -0.3 is 15.0 Å². The van der Waals surface area contributed by atoms with Crippen molar-refractivity contribution in [3.8, 4) is 0 Å². The van der Waals surface area contributed by atoms with Gasteiger partial charge in [-0.2, -0.15) is 18.3 Å². The number of aryl methyl sites for hydroxylation is 1. The van der Waals surface area contributed by atoms with Crippen molar-refractivity contribution in [1.82, 2.24) is 9.78 Å². The summed E-state index contributed by atoms with van der Waals surface area (Å²) in [6, 6.07) is 12.8. The van der Waals surface area contributed by atoms with Gasteiger partial charge in [0.05, 0.1) is 48.0 Å². The van der Waals surface area contributed by atoms with Crippen molar-refractivity contribution >= 4 is 28.9 Å². The summed E-state index contributed by atoms with van der Waals surface area (Å²) in [6.07, 6.45) is -4.54. The highest BCUT2D eigenvalue weighted by Gasteiger charge is 2.32. The summed E-state index contributed by atoms with van der Waals surface area (Å²) in [6.45, 7) is 3.90. The van der Waals surface area contributed by atoms with Crippen molar-refractivity contribution in [3.05, 3.63) is 76.1 Å². The molecule has 174 valence electrons. The van der Waals surface area contributed by atoms with Crippen LogP contribution in [0.4, 0.5) is 24.5 Å². The molecule has 0 unspecified atom stereocenters. The Labute approximate surface area is 193 Å². The van der Waals surface area contributed by atoms with Gasteiger partial charge in [-0.1, -0.05) is 41.9 Å². The Hall–Kier alpha value is -3.04. The van der Waals surface area contributed by atoms with Crippen LogP contribution in [0.2, 0.25) is 5.15 Å². The number of nitrogens with one attached hydrogen (secondary N) is 1. The number of halogens is 4. The fourth-order valence-corrected chi connectivity index (χ4v) is 4.07. The third-order valence-corrected chi connectivity index (χ3v) is 5.78. The van der Waals surface area contributed by atoms with Crippen LogP contribution in [0.3, 0.4) is 0 Å². The van der Waals surface area contributed by atoms with Crippen LogP contribution in [0.25, 0.3) is 0 Å². The largest absolute Gasteiger partial charge is 0.416 e. The third-order valence-electron chi connectivity index (χ3n) is 5.39. The van der Waals surface area contributed by atoms with E-state index in [9.17, 15) is 18.0 Å². The molecule has 1 N–H and O–H groups in total. The summed E-state index contributed by atoms with van der Waals surface area (Å²) in [4.78, 5) is 15.0. The van der Waals surface area contributed by atoms with Gasteiger partial charge in [0, 0.05) is 13.1 Å². The molecule has 6 nitrogen and oxygen atoms in total. The molecule has 1 aliphatic rings. The maximum absolute atomic E-state index is 13.4. The Bertz CT molecular complexity index is 1140. The molecule has 0 spiro atoms. The van der Waals surface area contributed by atoms with E-state index in [1.54, 1.807) is 6.92 Å². The van der Waals surface area contributed by atoms with Crippen LogP contribution in [0.15, 0.2) is 48.5 Å². The van der Waals surface area contributed by atoms with Crippen molar-refractivity contribution in [2.75, 3.05) is 36.5 Å². The van der Waals surface area contributed by atoms with E-state index < -0.39 is 17.6 Å². The van der Waals surface area contributed by atoms with Crippen LogP contribution in [-0.2, 0) is 17.5 Å². The van der Waals surface area contributed by atoms with E-state index in [0.717, 1.165) is 17.7 Å². The van der Waals surface area contributed by atoms with Crippen LogP contribution >= 0.6 is 11.6 Å². The molecule has 4 rings (SSSR count). The average molecular weight is 479 g/mol. The monoisotopic (exact) mass is 478 g/mol. The van der Waals surface area contributed by atoms with E-state index in [1.165, 1.54) is 10.7 Å². The van der Waals surface area contributed by atoms with Gasteiger partial charge in [0.25, 0.3) is 5.91 Å². The molecule has 1 aromatic heterocycles.